The molecule has 1 saturated heterocycles. The topological polar surface area (TPSA) is 83.6 Å². The van der Waals surface area contributed by atoms with Crippen molar-refractivity contribution in [1.29, 1.82) is 0 Å². The van der Waals surface area contributed by atoms with Crippen molar-refractivity contribution in [3.63, 3.8) is 0 Å². The largest absolute Gasteiger partial charge is 0.352 e. The van der Waals surface area contributed by atoms with E-state index in [1.807, 2.05) is 30.3 Å². The lowest BCUT2D eigenvalue weighted by molar-refractivity contribution is -0.119. The summed E-state index contributed by atoms with van der Waals surface area (Å²) >= 11 is 0. The van der Waals surface area contributed by atoms with Crippen molar-refractivity contribution in [2.24, 2.45) is 5.92 Å². The molecule has 1 aliphatic rings. The zero-order valence-corrected chi connectivity index (χ0v) is 15.2. The van der Waals surface area contributed by atoms with Crippen LogP contribution in [0.1, 0.15) is 22.8 Å². The van der Waals surface area contributed by atoms with Crippen LogP contribution < -0.4 is 9.62 Å². The lowest BCUT2D eigenvalue weighted by Crippen LogP contribution is -2.31. The highest BCUT2D eigenvalue weighted by Crippen LogP contribution is 2.28. The molecule has 1 fully saturated rings. The molecule has 1 heterocycles. The fourth-order valence-electron chi connectivity index (χ4n) is 2.93. The standard InChI is InChI=1S/C19H20N2O4S/c1-14-13-26(24,25)21(19(14)23)17-9-5-8-16(12-17)18(22)20-11-10-15-6-3-2-4-7-15/h2-9,12,14H,10-11,13H2,1H3,(H,20,22)/t14-/m1/s1. The SMILES string of the molecule is C[C@@H]1CS(=O)(=O)N(c2cccc(C(=O)NCCc3ccccc3)c2)C1=O. The second kappa shape index (κ2) is 7.29. The maximum Gasteiger partial charge on any atom is 0.251 e. The number of nitrogens with one attached hydrogen (secondary N) is 1. The van der Waals surface area contributed by atoms with E-state index in [9.17, 15) is 18.0 Å². The Morgan fingerprint density at radius 2 is 1.88 bits per heavy atom. The Balaban J connectivity index is 1.71. The minimum absolute atomic E-state index is 0.204. The highest BCUT2D eigenvalue weighted by molar-refractivity contribution is 7.94. The zero-order chi connectivity index (χ0) is 18.7. The number of nitrogens with zero attached hydrogens (tertiary/aromatic N) is 1. The molecule has 6 nitrogen and oxygen atoms in total. The predicted octanol–water partition coefficient (Wildman–Crippen LogP) is 1.97. The third-order valence-corrected chi connectivity index (χ3v) is 6.11. The summed E-state index contributed by atoms with van der Waals surface area (Å²) in [5.41, 5.74) is 1.64. The lowest BCUT2D eigenvalue weighted by atomic mass is 10.1. The maximum atomic E-state index is 12.3. The summed E-state index contributed by atoms with van der Waals surface area (Å²) in [5.74, 6) is -1.56. The van der Waals surface area contributed by atoms with Gasteiger partial charge in [0.05, 0.1) is 17.4 Å². The number of hydrogen-bond acceptors (Lipinski definition) is 4. The minimum atomic E-state index is -3.68. The zero-order valence-electron chi connectivity index (χ0n) is 14.4. The molecular weight excluding hydrogens is 352 g/mol. The summed E-state index contributed by atoms with van der Waals surface area (Å²) in [6.07, 6.45) is 0.697. The molecule has 26 heavy (non-hydrogen) atoms. The molecule has 136 valence electrons. The highest BCUT2D eigenvalue weighted by atomic mass is 32.2. The van der Waals surface area contributed by atoms with Crippen LogP contribution >= 0.6 is 0 Å². The first-order valence-electron chi connectivity index (χ1n) is 8.37. The maximum absolute atomic E-state index is 12.3. The highest BCUT2D eigenvalue weighted by Gasteiger charge is 2.42. The normalized spacial score (nSPS) is 18.7. The molecule has 1 atom stereocenters. The van der Waals surface area contributed by atoms with Crippen molar-refractivity contribution in [3.05, 3.63) is 65.7 Å². The van der Waals surface area contributed by atoms with E-state index in [0.29, 0.717) is 18.5 Å². The molecule has 1 N–H and O–H groups in total. The predicted molar refractivity (Wildman–Crippen MR) is 99.4 cm³/mol. The van der Waals surface area contributed by atoms with Gasteiger partial charge in [-0.15, -0.1) is 0 Å². The fourth-order valence-corrected chi connectivity index (χ4v) is 4.74. The van der Waals surface area contributed by atoms with Crippen LogP contribution in [0, 0.1) is 5.92 Å². The van der Waals surface area contributed by atoms with Gasteiger partial charge in [0, 0.05) is 12.1 Å². The molecule has 7 heteroatoms. The Bertz CT molecular complexity index is 926. The quantitative estimate of drug-likeness (QED) is 0.870. The van der Waals surface area contributed by atoms with Crippen LogP contribution in [-0.4, -0.2) is 32.5 Å². The first-order chi connectivity index (χ1) is 12.4. The van der Waals surface area contributed by atoms with Crippen LogP contribution in [0.3, 0.4) is 0 Å². The Hall–Kier alpha value is -2.67. The number of rotatable bonds is 5. The number of benzene rings is 2. The summed E-state index contributed by atoms with van der Waals surface area (Å²) in [5, 5.41) is 2.81. The average Bonchev–Trinajstić information content (AvgIpc) is 2.83. The van der Waals surface area contributed by atoms with Gasteiger partial charge in [-0.1, -0.05) is 43.3 Å². The second-order valence-electron chi connectivity index (χ2n) is 6.32. The van der Waals surface area contributed by atoms with Crippen LogP contribution in [0.25, 0.3) is 0 Å². The molecule has 2 aromatic rings. The monoisotopic (exact) mass is 372 g/mol. The fraction of sp³-hybridized carbons (Fsp3) is 0.263. The van der Waals surface area contributed by atoms with Gasteiger partial charge in [-0.05, 0) is 30.2 Å². The Morgan fingerprint density at radius 1 is 1.15 bits per heavy atom. The smallest absolute Gasteiger partial charge is 0.251 e. The molecule has 0 radical (unpaired) electrons. The molecule has 3 rings (SSSR count). The van der Waals surface area contributed by atoms with Gasteiger partial charge in [-0.3, -0.25) is 9.59 Å². The van der Waals surface area contributed by atoms with Crippen LogP contribution in [0.4, 0.5) is 5.69 Å². The first-order valence-corrected chi connectivity index (χ1v) is 9.98. The van der Waals surface area contributed by atoms with E-state index in [1.165, 1.54) is 12.1 Å². The number of amides is 2. The molecule has 2 amide bonds. The molecule has 0 aromatic heterocycles. The number of sulfonamides is 1. The van der Waals surface area contributed by atoms with E-state index in [-0.39, 0.29) is 17.3 Å². The van der Waals surface area contributed by atoms with Crippen LogP contribution in [-0.2, 0) is 21.2 Å². The number of anilines is 1. The van der Waals surface area contributed by atoms with Gasteiger partial charge < -0.3 is 5.32 Å². The van der Waals surface area contributed by atoms with Gasteiger partial charge in [0.15, 0.2) is 0 Å². The summed E-state index contributed by atoms with van der Waals surface area (Å²) in [7, 11) is -3.68. The van der Waals surface area contributed by atoms with Crippen LogP contribution in [0.15, 0.2) is 54.6 Å². The van der Waals surface area contributed by atoms with Gasteiger partial charge in [-0.2, -0.15) is 0 Å². The third kappa shape index (κ3) is 3.77. The number of hydrogen-bond donors (Lipinski definition) is 1. The molecule has 0 bridgehead atoms. The summed E-state index contributed by atoms with van der Waals surface area (Å²) in [4.78, 5) is 24.5. The summed E-state index contributed by atoms with van der Waals surface area (Å²) < 4.78 is 25.2. The minimum Gasteiger partial charge on any atom is -0.352 e. The summed E-state index contributed by atoms with van der Waals surface area (Å²) in [6.45, 7) is 2.05. The Morgan fingerprint density at radius 3 is 2.54 bits per heavy atom. The number of carbonyl (C=O) groups is 2. The van der Waals surface area contributed by atoms with Crippen molar-refractivity contribution in [1.82, 2.24) is 5.32 Å². The van der Waals surface area contributed by atoms with Crippen molar-refractivity contribution >= 4 is 27.5 Å². The third-order valence-electron chi connectivity index (χ3n) is 4.25. The second-order valence-corrected chi connectivity index (χ2v) is 8.19. The van der Waals surface area contributed by atoms with Gasteiger partial charge >= 0.3 is 0 Å². The van der Waals surface area contributed by atoms with Crippen LogP contribution in [0.5, 0.6) is 0 Å². The Labute approximate surface area is 152 Å². The lowest BCUT2D eigenvalue weighted by Gasteiger charge is -2.16. The molecule has 0 aliphatic carbocycles. The van der Waals surface area contributed by atoms with Gasteiger partial charge in [0.1, 0.15) is 0 Å². The van der Waals surface area contributed by atoms with Crippen molar-refractivity contribution < 1.29 is 18.0 Å². The molecule has 0 unspecified atom stereocenters. The Kier molecular flexibility index (Phi) is 5.08. The first kappa shape index (κ1) is 18.1. The average molecular weight is 372 g/mol. The number of carbonyl (C=O) groups excluding carboxylic acids is 2. The molecule has 0 spiro atoms. The van der Waals surface area contributed by atoms with E-state index in [4.69, 9.17) is 0 Å². The van der Waals surface area contributed by atoms with E-state index in [1.54, 1.807) is 19.1 Å². The molecule has 2 aromatic carbocycles. The van der Waals surface area contributed by atoms with E-state index < -0.39 is 21.8 Å². The van der Waals surface area contributed by atoms with E-state index in [2.05, 4.69) is 5.32 Å². The van der Waals surface area contributed by atoms with Crippen molar-refractivity contribution in [2.75, 3.05) is 16.6 Å². The van der Waals surface area contributed by atoms with E-state index >= 15 is 0 Å². The summed E-state index contributed by atoms with van der Waals surface area (Å²) in [6, 6.07) is 15.9. The van der Waals surface area contributed by atoms with Crippen molar-refractivity contribution in [2.45, 2.75) is 13.3 Å². The molecule has 0 saturated carbocycles. The van der Waals surface area contributed by atoms with Gasteiger partial charge in [0.2, 0.25) is 15.9 Å². The van der Waals surface area contributed by atoms with Gasteiger partial charge in [-0.25, -0.2) is 12.7 Å². The van der Waals surface area contributed by atoms with E-state index in [0.717, 1.165) is 9.87 Å². The van der Waals surface area contributed by atoms with Crippen LogP contribution in [0.2, 0.25) is 0 Å². The molecule has 1 aliphatic heterocycles. The van der Waals surface area contributed by atoms with Crippen molar-refractivity contribution in [3.8, 4) is 0 Å². The molecular formula is C19H20N2O4S. The van der Waals surface area contributed by atoms with Gasteiger partial charge in [0.25, 0.3) is 5.91 Å².